The highest BCUT2D eigenvalue weighted by Gasteiger charge is 2.28. The number of ether oxygens (including phenoxy) is 1. The number of pyridine rings is 1. The molecule has 1 aromatic carbocycles. The number of carbonyl (C=O) groups excluding carboxylic acids is 2. The Morgan fingerprint density at radius 1 is 1.26 bits per heavy atom. The van der Waals surface area contributed by atoms with Crippen LogP contribution in [-0.2, 0) is 17.7 Å². The number of nitrogens with zero attached hydrogens (tertiary/aromatic N) is 2. The number of carboxylic acid groups (broad SMARTS) is 1. The summed E-state index contributed by atoms with van der Waals surface area (Å²) in [5.41, 5.74) is 1.39. The van der Waals surface area contributed by atoms with Crippen LogP contribution in [0, 0.1) is 0 Å². The second-order valence-corrected chi connectivity index (χ2v) is 7.24. The van der Waals surface area contributed by atoms with Gasteiger partial charge < -0.3 is 19.7 Å². The van der Waals surface area contributed by atoms with E-state index in [0.717, 1.165) is 30.0 Å². The number of aromatic nitrogens is 1. The van der Waals surface area contributed by atoms with Gasteiger partial charge in [-0.25, -0.2) is 9.59 Å². The zero-order valence-electron chi connectivity index (χ0n) is 17.5. The van der Waals surface area contributed by atoms with Crippen molar-refractivity contribution in [3.63, 3.8) is 0 Å². The highest BCUT2D eigenvalue weighted by Crippen LogP contribution is 2.31. The first kappa shape index (κ1) is 22.1. The molecule has 3 rings (SSSR count). The predicted molar refractivity (Wildman–Crippen MR) is 114 cm³/mol. The maximum absolute atomic E-state index is 12.8. The van der Waals surface area contributed by atoms with Crippen molar-refractivity contribution in [2.75, 3.05) is 25.1 Å². The number of unbranched alkanes of at least 4 members (excludes halogenated alkanes) is 1. The molecule has 0 atom stereocenters. The lowest BCUT2D eigenvalue weighted by Crippen LogP contribution is -2.32. The van der Waals surface area contributed by atoms with Gasteiger partial charge in [-0.3, -0.25) is 14.5 Å². The van der Waals surface area contributed by atoms with Crippen molar-refractivity contribution in [3.05, 3.63) is 63.1 Å². The van der Waals surface area contributed by atoms with E-state index in [9.17, 15) is 24.3 Å². The van der Waals surface area contributed by atoms with Crippen LogP contribution < -0.4 is 15.8 Å². The Labute approximate surface area is 179 Å². The number of rotatable bonds is 7. The van der Waals surface area contributed by atoms with E-state index in [1.54, 1.807) is 11.0 Å². The van der Waals surface area contributed by atoms with Crippen LogP contribution in [0.25, 0.3) is 0 Å². The summed E-state index contributed by atoms with van der Waals surface area (Å²) in [6.45, 7) is 2.92. The molecule has 0 spiro atoms. The van der Waals surface area contributed by atoms with Crippen molar-refractivity contribution in [1.82, 2.24) is 9.88 Å². The molecule has 1 aliphatic rings. The lowest BCUT2D eigenvalue weighted by molar-refractivity contribution is 0.0695. The normalized spacial score (nSPS) is 12.4. The number of anilines is 1. The fraction of sp³-hybridized carbons (Fsp3) is 0.364. The Bertz CT molecular complexity index is 1080. The fourth-order valence-corrected chi connectivity index (χ4v) is 3.58. The van der Waals surface area contributed by atoms with Gasteiger partial charge in [-0.05, 0) is 36.1 Å². The van der Waals surface area contributed by atoms with Crippen molar-refractivity contribution in [2.45, 2.75) is 32.7 Å². The van der Waals surface area contributed by atoms with E-state index in [-0.39, 0.29) is 17.7 Å². The second kappa shape index (κ2) is 9.46. The van der Waals surface area contributed by atoms with Gasteiger partial charge in [0.25, 0.3) is 11.5 Å². The van der Waals surface area contributed by atoms with Gasteiger partial charge >= 0.3 is 12.1 Å². The van der Waals surface area contributed by atoms with Gasteiger partial charge in [-0.1, -0.05) is 25.5 Å². The second-order valence-electron chi connectivity index (χ2n) is 7.24. The summed E-state index contributed by atoms with van der Waals surface area (Å²) in [6, 6.07) is 6.49. The number of amides is 2. The van der Waals surface area contributed by atoms with Gasteiger partial charge in [0.15, 0.2) is 0 Å². The highest BCUT2D eigenvalue weighted by molar-refractivity contribution is 5.96. The first-order valence-electron chi connectivity index (χ1n) is 10.1. The monoisotopic (exact) mass is 427 g/mol. The largest absolute Gasteiger partial charge is 0.478 e. The molecule has 31 heavy (non-hydrogen) atoms. The molecule has 0 unspecified atom stereocenters. The zero-order chi connectivity index (χ0) is 22.5. The summed E-state index contributed by atoms with van der Waals surface area (Å²) in [5.74, 6) is -1.89. The van der Waals surface area contributed by atoms with Gasteiger partial charge in [0.05, 0.1) is 24.4 Å². The van der Waals surface area contributed by atoms with E-state index in [1.807, 2.05) is 19.1 Å². The highest BCUT2D eigenvalue weighted by atomic mass is 16.6. The van der Waals surface area contributed by atoms with Gasteiger partial charge in [-0.15, -0.1) is 0 Å². The molecule has 1 aromatic heterocycles. The fourth-order valence-electron chi connectivity index (χ4n) is 3.58. The lowest BCUT2D eigenvalue weighted by Gasteiger charge is -2.18. The van der Waals surface area contributed by atoms with Crippen molar-refractivity contribution < 1.29 is 24.2 Å². The van der Waals surface area contributed by atoms with Gasteiger partial charge in [0, 0.05) is 19.8 Å². The van der Waals surface area contributed by atoms with E-state index in [2.05, 4.69) is 5.32 Å². The van der Waals surface area contributed by atoms with E-state index in [1.165, 1.54) is 17.8 Å². The van der Waals surface area contributed by atoms with Crippen molar-refractivity contribution in [3.8, 4) is 0 Å². The van der Waals surface area contributed by atoms with Gasteiger partial charge in [-0.2, -0.15) is 0 Å². The SMILES string of the molecule is CCCCOC(=O)N1CCc2c(Cn3cc(C(=O)O)cc(C(=O)NC)c3=O)cccc21. The third-order valence-corrected chi connectivity index (χ3v) is 5.21. The zero-order valence-corrected chi connectivity index (χ0v) is 17.5. The number of nitrogens with one attached hydrogen (secondary N) is 1. The number of aromatic carboxylic acids is 1. The standard InChI is InChI=1S/C22H25N3O6/c1-3-4-10-31-22(30)25-9-8-16-14(6-5-7-18(16)25)12-24-13-15(21(28)29)11-17(20(24)27)19(26)23-2/h5-7,11,13H,3-4,8-10,12H2,1-2H3,(H,23,26)(H,28,29). The van der Waals surface area contributed by atoms with Crippen molar-refractivity contribution in [2.24, 2.45) is 0 Å². The Balaban J connectivity index is 1.94. The van der Waals surface area contributed by atoms with E-state index >= 15 is 0 Å². The van der Waals surface area contributed by atoms with E-state index in [0.29, 0.717) is 25.3 Å². The van der Waals surface area contributed by atoms with Crippen LogP contribution in [0.3, 0.4) is 0 Å². The molecule has 0 saturated carbocycles. The summed E-state index contributed by atoms with van der Waals surface area (Å²) in [6.07, 6.45) is 3.13. The van der Waals surface area contributed by atoms with Crippen LogP contribution in [0.5, 0.6) is 0 Å². The maximum atomic E-state index is 12.8. The summed E-state index contributed by atoms with van der Waals surface area (Å²) in [7, 11) is 1.37. The molecule has 9 nitrogen and oxygen atoms in total. The first-order valence-corrected chi connectivity index (χ1v) is 10.1. The Morgan fingerprint density at radius 2 is 2.03 bits per heavy atom. The summed E-state index contributed by atoms with van der Waals surface area (Å²) in [4.78, 5) is 50.3. The predicted octanol–water partition coefficient (Wildman–Crippen LogP) is 2.25. The molecule has 0 fully saturated rings. The number of hydrogen-bond donors (Lipinski definition) is 2. The Kier molecular flexibility index (Phi) is 6.74. The average Bonchev–Trinajstić information content (AvgIpc) is 3.19. The molecule has 1 aliphatic heterocycles. The van der Waals surface area contributed by atoms with Crippen LogP contribution in [-0.4, -0.2) is 47.8 Å². The minimum atomic E-state index is -1.24. The lowest BCUT2D eigenvalue weighted by atomic mass is 10.0. The number of hydrogen-bond acceptors (Lipinski definition) is 5. The number of carboxylic acids is 1. The molecule has 2 heterocycles. The Morgan fingerprint density at radius 3 is 2.71 bits per heavy atom. The van der Waals surface area contributed by atoms with Crippen molar-refractivity contribution in [1.29, 1.82) is 0 Å². The van der Waals surface area contributed by atoms with Crippen LogP contribution in [0.1, 0.15) is 51.6 Å². The topological polar surface area (TPSA) is 118 Å². The molecular formula is C22H25N3O6. The summed E-state index contributed by atoms with van der Waals surface area (Å²) in [5, 5.41) is 11.7. The quantitative estimate of drug-likeness (QED) is 0.655. The Hall–Kier alpha value is -3.62. The average molecular weight is 427 g/mol. The van der Waals surface area contributed by atoms with Gasteiger partial charge in [0.1, 0.15) is 5.56 Å². The summed E-state index contributed by atoms with van der Waals surface area (Å²) < 4.78 is 6.53. The molecular weight excluding hydrogens is 402 g/mol. The molecule has 164 valence electrons. The number of fused-ring (bicyclic) bond motifs is 1. The minimum absolute atomic E-state index is 0.0752. The first-order chi connectivity index (χ1) is 14.9. The van der Waals surface area contributed by atoms with E-state index in [4.69, 9.17) is 4.74 Å². The molecule has 2 N–H and O–H groups in total. The molecule has 2 amide bonds. The molecule has 0 aliphatic carbocycles. The molecule has 2 aromatic rings. The van der Waals surface area contributed by atoms with Crippen molar-refractivity contribution >= 4 is 23.7 Å². The minimum Gasteiger partial charge on any atom is -0.478 e. The number of benzene rings is 1. The summed E-state index contributed by atoms with van der Waals surface area (Å²) >= 11 is 0. The molecule has 0 radical (unpaired) electrons. The third kappa shape index (κ3) is 4.60. The molecule has 0 saturated heterocycles. The van der Waals surface area contributed by atoms with Crippen LogP contribution in [0.2, 0.25) is 0 Å². The number of carbonyl (C=O) groups is 3. The molecule has 9 heteroatoms. The van der Waals surface area contributed by atoms with E-state index < -0.39 is 23.5 Å². The van der Waals surface area contributed by atoms with Crippen LogP contribution >= 0.6 is 0 Å². The molecule has 0 bridgehead atoms. The maximum Gasteiger partial charge on any atom is 0.414 e. The van der Waals surface area contributed by atoms with Crippen LogP contribution in [0.4, 0.5) is 10.5 Å². The van der Waals surface area contributed by atoms with Gasteiger partial charge in [0.2, 0.25) is 0 Å². The smallest absolute Gasteiger partial charge is 0.414 e. The third-order valence-electron chi connectivity index (χ3n) is 5.21. The van der Waals surface area contributed by atoms with Crippen LogP contribution in [0.15, 0.2) is 35.3 Å².